The second-order valence-corrected chi connectivity index (χ2v) is 8.38. The number of allylic oxidation sites excluding steroid dienone is 1. The Morgan fingerprint density at radius 3 is 2.39 bits per heavy atom. The van der Waals surface area contributed by atoms with Crippen LogP contribution in [0.5, 0.6) is 0 Å². The van der Waals surface area contributed by atoms with Crippen LogP contribution >= 0.6 is 39.1 Å². The predicted octanol–water partition coefficient (Wildman–Crippen LogP) is 5.24. The molecular formula is C16H10BrCl2NO2S. The van der Waals surface area contributed by atoms with Gasteiger partial charge in [-0.15, -0.1) is 0 Å². The minimum atomic E-state index is -3.81. The first-order valence-corrected chi connectivity index (χ1v) is 9.56. The summed E-state index contributed by atoms with van der Waals surface area (Å²) >= 11 is 15.1. The Hall–Kier alpha value is -1.32. The third-order valence-corrected chi connectivity index (χ3v) is 5.66. The second kappa shape index (κ2) is 7.50. The van der Waals surface area contributed by atoms with E-state index >= 15 is 0 Å². The summed E-state index contributed by atoms with van der Waals surface area (Å²) in [5.74, 6) is -0.362. The van der Waals surface area contributed by atoms with Crippen molar-refractivity contribution in [2.45, 2.75) is 5.75 Å². The van der Waals surface area contributed by atoms with Crippen molar-refractivity contribution in [3.8, 4) is 6.07 Å². The average Bonchev–Trinajstić information content (AvgIpc) is 2.49. The van der Waals surface area contributed by atoms with Gasteiger partial charge in [0.1, 0.15) is 11.0 Å². The maximum absolute atomic E-state index is 12.4. The molecule has 0 saturated carbocycles. The summed E-state index contributed by atoms with van der Waals surface area (Å²) in [4.78, 5) is -0.314. The lowest BCUT2D eigenvalue weighted by Gasteiger charge is -2.06. The van der Waals surface area contributed by atoms with Crippen LogP contribution in [0.25, 0.3) is 6.08 Å². The summed E-state index contributed by atoms with van der Waals surface area (Å²) in [6.45, 7) is 0. The van der Waals surface area contributed by atoms with Crippen molar-refractivity contribution in [2.75, 3.05) is 0 Å². The minimum absolute atomic E-state index is 0.252. The molecule has 2 rings (SSSR count). The standard InChI is InChI=1S/C16H10BrCl2NO2S/c17-13-4-1-11(2-5-13)7-15(9-20)23(21,22)10-12-3-6-14(18)8-16(12)19/h1-8H,10H2/b15-7+. The first-order valence-electron chi connectivity index (χ1n) is 6.36. The third kappa shape index (κ3) is 4.82. The van der Waals surface area contributed by atoms with Gasteiger partial charge in [0, 0.05) is 14.5 Å². The molecule has 118 valence electrons. The van der Waals surface area contributed by atoms with Crippen molar-refractivity contribution in [1.82, 2.24) is 0 Å². The normalized spacial score (nSPS) is 12.0. The summed E-state index contributed by atoms with van der Waals surface area (Å²) in [6, 6.07) is 13.3. The number of halogens is 3. The van der Waals surface area contributed by atoms with Gasteiger partial charge in [0.15, 0.2) is 9.84 Å². The van der Waals surface area contributed by atoms with E-state index in [2.05, 4.69) is 15.9 Å². The summed E-state index contributed by atoms with van der Waals surface area (Å²) in [5.41, 5.74) is 1.02. The Bertz CT molecular complexity index is 901. The van der Waals surface area contributed by atoms with Gasteiger partial charge in [-0.05, 0) is 41.5 Å². The Kier molecular flexibility index (Phi) is 5.88. The fraction of sp³-hybridized carbons (Fsp3) is 0.0625. The number of sulfone groups is 1. The first kappa shape index (κ1) is 18.0. The zero-order valence-electron chi connectivity index (χ0n) is 11.6. The predicted molar refractivity (Wildman–Crippen MR) is 96.8 cm³/mol. The molecule has 0 saturated heterocycles. The van der Waals surface area contributed by atoms with E-state index < -0.39 is 9.84 Å². The van der Waals surface area contributed by atoms with Gasteiger partial charge in [0.25, 0.3) is 0 Å². The Labute approximate surface area is 153 Å². The maximum Gasteiger partial charge on any atom is 0.192 e. The van der Waals surface area contributed by atoms with Crippen LogP contribution in [0.1, 0.15) is 11.1 Å². The molecule has 0 bridgehead atoms. The van der Waals surface area contributed by atoms with Crippen LogP contribution in [0.4, 0.5) is 0 Å². The van der Waals surface area contributed by atoms with Crippen molar-refractivity contribution >= 4 is 55.0 Å². The number of hydrogen-bond donors (Lipinski definition) is 0. The van der Waals surface area contributed by atoms with Crippen molar-refractivity contribution in [1.29, 1.82) is 5.26 Å². The summed E-state index contributed by atoms with van der Waals surface area (Å²) in [7, 11) is -3.81. The number of benzene rings is 2. The quantitative estimate of drug-likeness (QED) is 0.623. The molecule has 3 nitrogen and oxygen atoms in total. The van der Waals surface area contributed by atoms with Crippen molar-refractivity contribution in [2.24, 2.45) is 0 Å². The molecule has 0 heterocycles. The largest absolute Gasteiger partial charge is 0.223 e. The van der Waals surface area contributed by atoms with Crippen LogP contribution in [0, 0.1) is 11.3 Å². The minimum Gasteiger partial charge on any atom is -0.223 e. The van der Waals surface area contributed by atoms with Crippen molar-refractivity contribution in [3.05, 3.63) is 73.0 Å². The topological polar surface area (TPSA) is 57.9 Å². The van der Waals surface area contributed by atoms with Gasteiger partial charge in [0.2, 0.25) is 0 Å². The zero-order valence-corrected chi connectivity index (χ0v) is 15.5. The van der Waals surface area contributed by atoms with Crippen LogP contribution in [0.3, 0.4) is 0 Å². The van der Waals surface area contributed by atoms with E-state index in [1.54, 1.807) is 36.4 Å². The number of nitrogens with zero attached hydrogens (tertiary/aromatic N) is 1. The first-order chi connectivity index (χ1) is 10.8. The van der Waals surface area contributed by atoms with Gasteiger partial charge in [-0.25, -0.2) is 8.42 Å². The van der Waals surface area contributed by atoms with Crippen molar-refractivity contribution in [3.63, 3.8) is 0 Å². The van der Waals surface area contributed by atoms with Gasteiger partial charge in [-0.1, -0.05) is 57.3 Å². The fourth-order valence-corrected chi connectivity index (χ4v) is 3.91. The molecule has 0 aliphatic rings. The number of rotatable bonds is 4. The Morgan fingerprint density at radius 1 is 1.17 bits per heavy atom. The molecule has 2 aromatic carbocycles. The highest BCUT2D eigenvalue weighted by Gasteiger charge is 2.20. The zero-order chi connectivity index (χ0) is 17.0. The number of nitriles is 1. The molecular weight excluding hydrogens is 421 g/mol. The molecule has 7 heteroatoms. The van der Waals surface area contributed by atoms with Crippen LogP contribution in [0.15, 0.2) is 51.8 Å². The van der Waals surface area contributed by atoms with Gasteiger partial charge < -0.3 is 0 Å². The van der Waals surface area contributed by atoms with Gasteiger partial charge in [-0.2, -0.15) is 5.26 Å². The molecule has 0 atom stereocenters. The average molecular weight is 431 g/mol. The van der Waals surface area contributed by atoms with Crippen LogP contribution in [-0.2, 0) is 15.6 Å². The fourth-order valence-electron chi connectivity index (χ4n) is 1.82. The van der Waals surface area contributed by atoms with Gasteiger partial charge >= 0.3 is 0 Å². The van der Waals surface area contributed by atoms with Crippen LogP contribution < -0.4 is 0 Å². The number of hydrogen-bond acceptors (Lipinski definition) is 3. The molecule has 2 aromatic rings. The second-order valence-electron chi connectivity index (χ2n) is 4.67. The lowest BCUT2D eigenvalue weighted by atomic mass is 10.2. The summed E-state index contributed by atoms with van der Waals surface area (Å²) < 4.78 is 25.8. The summed E-state index contributed by atoms with van der Waals surface area (Å²) in [6.07, 6.45) is 1.34. The van der Waals surface area contributed by atoms with Gasteiger partial charge in [-0.3, -0.25) is 0 Å². The summed E-state index contributed by atoms with van der Waals surface area (Å²) in [5, 5.41) is 9.88. The molecule has 0 aliphatic carbocycles. The van der Waals surface area contributed by atoms with E-state index in [-0.39, 0.29) is 15.7 Å². The monoisotopic (exact) mass is 429 g/mol. The maximum atomic E-state index is 12.4. The molecule has 0 fully saturated rings. The molecule has 0 aliphatic heterocycles. The molecule has 0 unspecified atom stereocenters. The lowest BCUT2D eigenvalue weighted by Crippen LogP contribution is -2.07. The smallest absolute Gasteiger partial charge is 0.192 e. The molecule has 0 radical (unpaired) electrons. The van der Waals surface area contributed by atoms with E-state index in [4.69, 9.17) is 23.2 Å². The highest BCUT2D eigenvalue weighted by atomic mass is 79.9. The Morgan fingerprint density at radius 2 is 1.83 bits per heavy atom. The van der Waals surface area contributed by atoms with E-state index in [0.29, 0.717) is 16.1 Å². The van der Waals surface area contributed by atoms with E-state index in [1.165, 1.54) is 18.2 Å². The van der Waals surface area contributed by atoms with Crippen molar-refractivity contribution < 1.29 is 8.42 Å². The molecule has 0 aromatic heterocycles. The molecule has 0 N–H and O–H groups in total. The highest BCUT2D eigenvalue weighted by molar-refractivity contribution is 9.10. The highest BCUT2D eigenvalue weighted by Crippen LogP contribution is 2.25. The van der Waals surface area contributed by atoms with E-state index in [1.807, 2.05) is 0 Å². The molecule has 0 spiro atoms. The molecule has 23 heavy (non-hydrogen) atoms. The van der Waals surface area contributed by atoms with E-state index in [0.717, 1.165) is 4.47 Å². The van der Waals surface area contributed by atoms with Crippen LogP contribution in [-0.4, -0.2) is 8.42 Å². The van der Waals surface area contributed by atoms with Gasteiger partial charge in [0.05, 0.1) is 5.75 Å². The van der Waals surface area contributed by atoms with Crippen LogP contribution in [0.2, 0.25) is 10.0 Å². The van der Waals surface area contributed by atoms with E-state index in [9.17, 15) is 13.7 Å². The Balaban J connectivity index is 2.36. The third-order valence-electron chi connectivity index (χ3n) is 2.97. The SMILES string of the molecule is N#C/C(=C\c1ccc(Br)cc1)S(=O)(=O)Cc1ccc(Cl)cc1Cl. The molecule has 0 amide bonds. The lowest BCUT2D eigenvalue weighted by molar-refractivity contribution is 0.602.